The van der Waals surface area contributed by atoms with Crippen molar-refractivity contribution in [2.75, 3.05) is 17.7 Å². The number of anilines is 1. The van der Waals surface area contributed by atoms with Gasteiger partial charge in [0.15, 0.2) is 0 Å². The number of nitrogens with zero attached hydrogens (tertiary/aromatic N) is 2. The molecular weight excluding hydrogens is 445 g/mol. The number of amides is 1. The van der Waals surface area contributed by atoms with Crippen LogP contribution in [0.2, 0.25) is 10.0 Å². The van der Waals surface area contributed by atoms with Crippen molar-refractivity contribution in [3.8, 4) is 5.75 Å². The average molecular weight is 466 g/mol. The van der Waals surface area contributed by atoms with Crippen LogP contribution in [-0.2, 0) is 11.2 Å². The van der Waals surface area contributed by atoms with E-state index in [4.69, 9.17) is 32.4 Å². The van der Waals surface area contributed by atoms with Crippen LogP contribution in [0.15, 0.2) is 46.0 Å². The molecule has 0 atom stereocenters. The smallest absolute Gasteiger partial charge is 0.277 e. The van der Waals surface area contributed by atoms with Gasteiger partial charge in [0.05, 0.1) is 17.4 Å². The summed E-state index contributed by atoms with van der Waals surface area (Å²) in [5.41, 5.74) is 2.98. The molecule has 0 fully saturated rings. The molecule has 0 unspecified atom stereocenters. The number of hydrogen-bond donors (Lipinski definition) is 1. The van der Waals surface area contributed by atoms with Gasteiger partial charge in [0.1, 0.15) is 5.75 Å². The minimum absolute atomic E-state index is 0.127. The molecule has 2 aromatic carbocycles. The molecule has 0 aliphatic heterocycles. The van der Waals surface area contributed by atoms with E-state index in [1.807, 2.05) is 26.0 Å². The maximum absolute atomic E-state index is 12.2. The van der Waals surface area contributed by atoms with Crippen molar-refractivity contribution in [3.05, 3.63) is 63.5 Å². The zero-order valence-corrected chi connectivity index (χ0v) is 18.9. The third-order valence-corrected chi connectivity index (χ3v) is 5.32. The number of benzene rings is 2. The molecule has 158 valence electrons. The third-order valence-electron chi connectivity index (χ3n) is 3.97. The van der Waals surface area contributed by atoms with Crippen molar-refractivity contribution in [2.45, 2.75) is 31.9 Å². The number of aryl methyl sites for hydroxylation is 3. The monoisotopic (exact) mass is 465 g/mol. The van der Waals surface area contributed by atoms with Crippen LogP contribution in [0.25, 0.3) is 0 Å². The number of carbonyl (C=O) groups is 1. The number of hydrogen-bond acceptors (Lipinski definition) is 6. The van der Waals surface area contributed by atoms with E-state index < -0.39 is 0 Å². The predicted octanol–water partition coefficient (Wildman–Crippen LogP) is 5.74. The molecule has 1 N–H and O–H groups in total. The lowest BCUT2D eigenvalue weighted by Crippen LogP contribution is -2.14. The first-order chi connectivity index (χ1) is 14.4. The van der Waals surface area contributed by atoms with Crippen LogP contribution in [0.5, 0.6) is 5.75 Å². The van der Waals surface area contributed by atoms with E-state index in [1.54, 1.807) is 18.2 Å². The van der Waals surface area contributed by atoms with Gasteiger partial charge in [0, 0.05) is 17.1 Å². The molecule has 0 spiro atoms. The highest BCUT2D eigenvalue weighted by atomic mass is 35.5. The lowest BCUT2D eigenvalue weighted by atomic mass is 10.1. The molecule has 9 heteroatoms. The fourth-order valence-corrected chi connectivity index (χ4v) is 3.81. The maximum Gasteiger partial charge on any atom is 0.277 e. The van der Waals surface area contributed by atoms with E-state index in [1.165, 1.54) is 11.8 Å². The first-order valence-electron chi connectivity index (χ1n) is 9.30. The van der Waals surface area contributed by atoms with Crippen molar-refractivity contribution >= 4 is 46.6 Å². The molecule has 1 amide bonds. The Morgan fingerprint density at radius 1 is 1.13 bits per heavy atom. The highest BCUT2D eigenvalue weighted by molar-refractivity contribution is 7.99. The molecule has 3 aromatic rings. The van der Waals surface area contributed by atoms with Gasteiger partial charge < -0.3 is 14.5 Å². The van der Waals surface area contributed by atoms with Gasteiger partial charge in [-0.1, -0.05) is 41.0 Å². The molecule has 0 aliphatic rings. The second-order valence-corrected chi connectivity index (χ2v) is 8.47. The standard InChI is InChI=1S/C21H21Cl2N3O3S/c1-13-8-14(2)10-16(9-13)24-19(27)12-30-21-26-25-20(29-21)4-3-7-28-18-6-5-15(22)11-17(18)23/h5-6,8-11H,3-4,7,12H2,1-2H3,(H,24,27). The zero-order chi connectivity index (χ0) is 21.5. The molecule has 6 nitrogen and oxygen atoms in total. The van der Waals surface area contributed by atoms with E-state index >= 15 is 0 Å². The van der Waals surface area contributed by atoms with Gasteiger partial charge in [-0.3, -0.25) is 4.79 Å². The van der Waals surface area contributed by atoms with Crippen LogP contribution in [0.4, 0.5) is 5.69 Å². The largest absolute Gasteiger partial charge is 0.492 e. The Labute approximate surface area is 189 Å². The normalized spacial score (nSPS) is 10.8. The third kappa shape index (κ3) is 6.93. The number of rotatable bonds is 9. The summed E-state index contributed by atoms with van der Waals surface area (Å²) in [4.78, 5) is 12.2. The molecular formula is C21H21Cl2N3O3S. The van der Waals surface area contributed by atoms with Gasteiger partial charge in [0.2, 0.25) is 11.8 Å². The van der Waals surface area contributed by atoms with Gasteiger partial charge in [-0.2, -0.15) is 0 Å². The summed E-state index contributed by atoms with van der Waals surface area (Å²) in [6, 6.07) is 11.0. The SMILES string of the molecule is Cc1cc(C)cc(NC(=O)CSc2nnc(CCCOc3ccc(Cl)cc3Cl)o2)c1. The Bertz CT molecular complexity index is 1010. The van der Waals surface area contributed by atoms with Crippen molar-refractivity contribution in [2.24, 2.45) is 0 Å². The number of ether oxygens (including phenoxy) is 1. The number of halogens is 2. The molecule has 3 rings (SSSR count). The van der Waals surface area contributed by atoms with Gasteiger partial charge in [0.25, 0.3) is 5.22 Å². The molecule has 0 aliphatic carbocycles. The summed E-state index contributed by atoms with van der Waals surface area (Å²) in [7, 11) is 0. The first-order valence-corrected chi connectivity index (χ1v) is 11.0. The fraction of sp³-hybridized carbons (Fsp3) is 0.286. The summed E-state index contributed by atoms with van der Waals surface area (Å²) >= 11 is 13.1. The summed E-state index contributed by atoms with van der Waals surface area (Å²) in [6.45, 7) is 4.43. The lowest BCUT2D eigenvalue weighted by molar-refractivity contribution is -0.113. The van der Waals surface area contributed by atoms with Gasteiger partial charge >= 0.3 is 0 Å². The van der Waals surface area contributed by atoms with Crippen LogP contribution in [0.3, 0.4) is 0 Å². The van der Waals surface area contributed by atoms with Crippen LogP contribution >= 0.6 is 35.0 Å². The Kier molecular flexibility index (Phi) is 8.01. The van der Waals surface area contributed by atoms with E-state index in [0.717, 1.165) is 16.8 Å². The van der Waals surface area contributed by atoms with Gasteiger partial charge in [-0.15, -0.1) is 10.2 Å². The quantitative estimate of drug-likeness (QED) is 0.320. The minimum atomic E-state index is -0.127. The minimum Gasteiger partial charge on any atom is -0.492 e. The van der Waals surface area contributed by atoms with Crippen molar-refractivity contribution in [3.63, 3.8) is 0 Å². The second-order valence-electron chi connectivity index (χ2n) is 6.70. The Morgan fingerprint density at radius 2 is 1.90 bits per heavy atom. The highest BCUT2D eigenvalue weighted by Gasteiger charge is 2.11. The van der Waals surface area contributed by atoms with Crippen molar-refractivity contribution in [1.82, 2.24) is 10.2 Å². The van der Waals surface area contributed by atoms with Crippen LogP contribution in [-0.4, -0.2) is 28.5 Å². The van der Waals surface area contributed by atoms with E-state index in [0.29, 0.717) is 46.4 Å². The Hall–Kier alpha value is -2.22. The Balaban J connectivity index is 1.39. The van der Waals surface area contributed by atoms with E-state index in [2.05, 4.69) is 21.6 Å². The zero-order valence-electron chi connectivity index (χ0n) is 16.6. The second kappa shape index (κ2) is 10.7. The summed E-state index contributed by atoms with van der Waals surface area (Å²) in [5.74, 6) is 1.14. The van der Waals surface area contributed by atoms with Crippen LogP contribution < -0.4 is 10.1 Å². The molecule has 1 aromatic heterocycles. The topological polar surface area (TPSA) is 77.2 Å². The Morgan fingerprint density at radius 3 is 2.63 bits per heavy atom. The summed E-state index contributed by atoms with van der Waals surface area (Å²) < 4.78 is 11.2. The van der Waals surface area contributed by atoms with Crippen molar-refractivity contribution in [1.29, 1.82) is 0 Å². The average Bonchev–Trinajstić information content (AvgIpc) is 3.12. The lowest BCUT2D eigenvalue weighted by Gasteiger charge is -2.07. The van der Waals surface area contributed by atoms with Crippen molar-refractivity contribution < 1.29 is 13.9 Å². The molecule has 0 saturated carbocycles. The van der Waals surface area contributed by atoms with E-state index in [-0.39, 0.29) is 11.7 Å². The molecule has 0 saturated heterocycles. The fourth-order valence-electron chi connectivity index (χ4n) is 2.77. The molecule has 30 heavy (non-hydrogen) atoms. The maximum atomic E-state index is 12.2. The van der Waals surface area contributed by atoms with Crippen LogP contribution in [0, 0.1) is 13.8 Å². The van der Waals surface area contributed by atoms with Gasteiger partial charge in [-0.05, 0) is 61.7 Å². The number of thioether (sulfide) groups is 1. The summed E-state index contributed by atoms with van der Waals surface area (Å²) in [6.07, 6.45) is 1.24. The van der Waals surface area contributed by atoms with Gasteiger partial charge in [-0.25, -0.2) is 0 Å². The molecule has 0 radical (unpaired) electrons. The number of nitrogens with one attached hydrogen (secondary N) is 1. The summed E-state index contributed by atoms with van der Waals surface area (Å²) in [5, 5.41) is 12.3. The highest BCUT2D eigenvalue weighted by Crippen LogP contribution is 2.27. The number of aromatic nitrogens is 2. The number of carbonyl (C=O) groups excluding carboxylic acids is 1. The molecule has 0 bridgehead atoms. The molecule has 1 heterocycles. The van der Waals surface area contributed by atoms with E-state index in [9.17, 15) is 4.79 Å². The van der Waals surface area contributed by atoms with Crippen LogP contribution in [0.1, 0.15) is 23.4 Å². The first kappa shape index (κ1) is 22.5. The predicted molar refractivity (Wildman–Crippen MR) is 120 cm³/mol.